The first kappa shape index (κ1) is 22.5. The second-order valence-electron chi connectivity index (χ2n) is 6.80. The number of halogens is 1. The number of amides is 1. The van der Waals surface area contributed by atoms with Gasteiger partial charge in [0.15, 0.2) is 5.16 Å². The Morgan fingerprint density at radius 1 is 1.14 bits per heavy atom. The molecule has 2 rings (SSSR count). The van der Waals surface area contributed by atoms with Crippen molar-refractivity contribution in [2.75, 3.05) is 45.7 Å². The summed E-state index contributed by atoms with van der Waals surface area (Å²) in [6.45, 7) is 4.48. The summed E-state index contributed by atoms with van der Waals surface area (Å²) in [4.78, 5) is 25.1. The number of aromatic nitrogens is 2. The highest BCUT2D eigenvalue weighted by atomic mass is 35.5. The lowest BCUT2D eigenvalue weighted by Gasteiger charge is -2.17. The minimum absolute atomic E-state index is 0.0529. The number of nitrogens with zero attached hydrogens (tertiary/aromatic N) is 4. The molecule has 8 heteroatoms. The quantitative estimate of drug-likeness (QED) is 0.359. The lowest BCUT2D eigenvalue weighted by atomic mass is 10.1. The van der Waals surface area contributed by atoms with E-state index in [0.717, 1.165) is 30.9 Å². The SMILES string of the molecule is CCCN(C)c1cc(Cl)nc(SCc2ccc(C(=O)NCCN(C)C)cc2)n1. The fraction of sp³-hybridized carbons (Fsp3) is 0.450. The summed E-state index contributed by atoms with van der Waals surface area (Å²) in [6, 6.07) is 9.40. The molecule has 1 N–H and O–H groups in total. The third-order valence-electron chi connectivity index (χ3n) is 4.04. The minimum Gasteiger partial charge on any atom is -0.360 e. The molecule has 0 unspecified atom stereocenters. The van der Waals surface area contributed by atoms with Crippen molar-refractivity contribution in [1.29, 1.82) is 0 Å². The van der Waals surface area contributed by atoms with E-state index in [1.165, 1.54) is 11.8 Å². The molecule has 0 radical (unpaired) electrons. The normalized spacial score (nSPS) is 10.9. The third-order valence-corrected chi connectivity index (χ3v) is 5.15. The van der Waals surface area contributed by atoms with E-state index in [0.29, 0.717) is 28.2 Å². The predicted octanol–water partition coefficient (Wildman–Crippen LogP) is 3.56. The molecule has 6 nitrogen and oxygen atoms in total. The molecule has 152 valence electrons. The van der Waals surface area contributed by atoms with Gasteiger partial charge < -0.3 is 15.1 Å². The topological polar surface area (TPSA) is 61.4 Å². The summed E-state index contributed by atoms with van der Waals surface area (Å²) in [7, 11) is 5.96. The highest BCUT2D eigenvalue weighted by Gasteiger charge is 2.09. The lowest BCUT2D eigenvalue weighted by molar-refractivity contribution is 0.0951. The van der Waals surface area contributed by atoms with Crippen molar-refractivity contribution in [3.63, 3.8) is 0 Å². The molecular formula is C20H28ClN5OS. The first-order valence-corrected chi connectivity index (χ1v) is 10.7. The maximum absolute atomic E-state index is 12.1. The van der Waals surface area contributed by atoms with Gasteiger partial charge in [-0.25, -0.2) is 9.97 Å². The molecule has 28 heavy (non-hydrogen) atoms. The van der Waals surface area contributed by atoms with Gasteiger partial charge in [0, 0.05) is 44.1 Å². The zero-order chi connectivity index (χ0) is 20.5. The average Bonchev–Trinajstić information content (AvgIpc) is 2.66. The van der Waals surface area contributed by atoms with Gasteiger partial charge in [0.25, 0.3) is 5.91 Å². The second-order valence-corrected chi connectivity index (χ2v) is 8.13. The summed E-state index contributed by atoms with van der Waals surface area (Å²) in [5.41, 5.74) is 1.76. The van der Waals surface area contributed by atoms with E-state index in [-0.39, 0.29) is 5.91 Å². The zero-order valence-corrected chi connectivity index (χ0v) is 18.5. The number of carbonyl (C=O) groups excluding carboxylic acids is 1. The van der Waals surface area contributed by atoms with Crippen molar-refractivity contribution in [2.45, 2.75) is 24.3 Å². The summed E-state index contributed by atoms with van der Waals surface area (Å²) in [5.74, 6) is 1.48. The van der Waals surface area contributed by atoms with Crippen molar-refractivity contribution in [2.24, 2.45) is 0 Å². The molecule has 0 spiro atoms. The van der Waals surface area contributed by atoms with Crippen molar-refractivity contribution in [3.05, 3.63) is 46.6 Å². The first-order chi connectivity index (χ1) is 13.4. The van der Waals surface area contributed by atoms with Gasteiger partial charge >= 0.3 is 0 Å². The molecule has 0 saturated carbocycles. The van der Waals surface area contributed by atoms with Crippen LogP contribution in [-0.4, -0.2) is 61.6 Å². The number of thioether (sulfide) groups is 1. The predicted molar refractivity (Wildman–Crippen MR) is 117 cm³/mol. The Kier molecular flexibility index (Phi) is 9.02. The average molecular weight is 422 g/mol. The lowest BCUT2D eigenvalue weighted by Crippen LogP contribution is -2.31. The molecule has 0 bridgehead atoms. The summed E-state index contributed by atoms with van der Waals surface area (Å²) in [5, 5.41) is 4.01. The van der Waals surface area contributed by atoms with Gasteiger partial charge in [0.2, 0.25) is 0 Å². The highest BCUT2D eigenvalue weighted by molar-refractivity contribution is 7.98. The molecule has 0 saturated heterocycles. The Labute approximate surface area is 176 Å². The highest BCUT2D eigenvalue weighted by Crippen LogP contribution is 2.24. The van der Waals surface area contributed by atoms with Crippen LogP contribution >= 0.6 is 23.4 Å². The van der Waals surface area contributed by atoms with E-state index in [1.54, 1.807) is 6.07 Å². The summed E-state index contributed by atoms with van der Waals surface area (Å²) in [6.07, 6.45) is 1.04. The van der Waals surface area contributed by atoms with Gasteiger partial charge in [-0.15, -0.1) is 0 Å². The number of likely N-dealkylation sites (N-methyl/N-ethyl adjacent to an activating group) is 1. The molecule has 0 aliphatic rings. The molecular weight excluding hydrogens is 394 g/mol. The Balaban J connectivity index is 1.93. The third kappa shape index (κ3) is 7.30. The first-order valence-electron chi connectivity index (χ1n) is 9.29. The standard InChI is InChI=1S/C20H28ClN5OS/c1-5-11-26(4)18-13-17(21)23-20(24-18)28-14-15-6-8-16(9-7-15)19(27)22-10-12-25(2)3/h6-9,13H,5,10-12,14H2,1-4H3,(H,22,27). The molecule has 1 aromatic carbocycles. The zero-order valence-electron chi connectivity index (χ0n) is 16.9. The fourth-order valence-corrected chi connectivity index (χ4v) is 3.53. The smallest absolute Gasteiger partial charge is 0.251 e. The van der Waals surface area contributed by atoms with Crippen LogP contribution in [0.5, 0.6) is 0 Å². The summed E-state index contributed by atoms with van der Waals surface area (Å²) >= 11 is 7.68. The van der Waals surface area contributed by atoms with E-state index in [2.05, 4.69) is 27.1 Å². The number of rotatable bonds is 10. The molecule has 1 amide bonds. The number of hydrogen-bond acceptors (Lipinski definition) is 6. The van der Waals surface area contributed by atoms with Crippen LogP contribution in [0.3, 0.4) is 0 Å². The van der Waals surface area contributed by atoms with Crippen LogP contribution < -0.4 is 10.2 Å². The van der Waals surface area contributed by atoms with E-state index in [1.807, 2.05) is 50.3 Å². The van der Waals surface area contributed by atoms with Crippen LogP contribution in [-0.2, 0) is 5.75 Å². The van der Waals surface area contributed by atoms with Gasteiger partial charge in [-0.2, -0.15) is 0 Å². The van der Waals surface area contributed by atoms with E-state index in [9.17, 15) is 4.79 Å². The van der Waals surface area contributed by atoms with Gasteiger partial charge in [-0.3, -0.25) is 4.79 Å². The van der Waals surface area contributed by atoms with E-state index < -0.39 is 0 Å². The van der Waals surface area contributed by atoms with Gasteiger partial charge in [0.1, 0.15) is 11.0 Å². The van der Waals surface area contributed by atoms with Crippen molar-refractivity contribution in [1.82, 2.24) is 20.2 Å². The molecule has 0 fully saturated rings. The maximum Gasteiger partial charge on any atom is 0.251 e. The molecule has 0 atom stereocenters. The largest absolute Gasteiger partial charge is 0.360 e. The number of nitrogens with one attached hydrogen (secondary N) is 1. The van der Waals surface area contributed by atoms with Gasteiger partial charge in [-0.1, -0.05) is 42.4 Å². The van der Waals surface area contributed by atoms with Crippen LogP contribution in [0, 0.1) is 0 Å². The Morgan fingerprint density at radius 2 is 1.86 bits per heavy atom. The van der Waals surface area contributed by atoms with Crippen LogP contribution in [0.4, 0.5) is 5.82 Å². The molecule has 0 aliphatic carbocycles. The van der Waals surface area contributed by atoms with Crippen molar-refractivity contribution in [3.8, 4) is 0 Å². The van der Waals surface area contributed by atoms with Gasteiger partial charge in [-0.05, 0) is 38.2 Å². The maximum atomic E-state index is 12.1. The molecule has 2 aromatic rings. The Morgan fingerprint density at radius 3 is 2.50 bits per heavy atom. The van der Waals surface area contributed by atoms with E-state index >= 15 is 0 Å². The molecule has 0 aliphatic heterocycles. The Bertz CT molecular complexity index is 770. The number of benzene rings is 1. The van der Waals surface area contributed by atoms with E-state index in [4.69, 9.17) is 11.6 Å². The number of carbonyl (C=O) groups is 1. The van der Waals surface area contributed by atoms with Crippen molar-refractivity contribution >= 4 is 35.1 Å². The molecule has 1 heterocycles. The monoisotopic (exact) mass is 421 g/mol. The fourth-order valence-electron chi connectivity index (χ4n) is 2.49. The van der Waals surface area contributed by atoms with Crippen LogP contribution in [0.25, 0.3) is 0 Å². The number of anilines is 1. The second kappa shape index (κ2) is 11.2. The molecule has 1 aromatic heterocycles. The van der Waals surface area contributed by atoms with Gasteiger partial charge in [0.05, 0.1) is 0 Å². The summed E-state index contributed by atoms with van der Waals surface area (Å²) < 4.78 is 0. The van der Waals surface area contributed by atoms with Crippen LogP contribution in [0.15, 0.2) is 35.5 Å². The van der Waals surface area contributed by atoms with Crippen LogP contribution in [0.1, 0.15) is 29.3 Å². The van der Waals surface area contributed by atoms with Crippen LogP contribution in [0.2, 0.25) is 5.15 Å². The number of hydrogen-bond donors (Lipinski definition) is 1. The minimum atomic E-state index is -0.0529. The van der Waals surface area contributed by atoms with Crippen molar-refractivity contribution < 1.29 is 4.79 Å². The Hall–Kier alpha value is -1.83.